The number of aliphatic hydroxyl groups is 2. The van der Waals surface area contributed by atoms with Gasteiger partial charge in [-0.15, -0.1) is 0 Å². The van der Waals surface area contributed by atoms with Crippen molar-refractivity contribution in [2.45, 2.75) is 63.6 Å². The van der Waals surface area contributed by atoms with Crippen LogP contribution in [-0.4, -0.2) is 63.0 Å². The Labute approximate surface area is 235 Å². The van der Waals surface area contributed by atoms with E-state index in [2.05, 4.69) is 11.8 Å². The molecule has 0 bridgehead atoms. The van der Waals surface area contributed by atoms with Crippen LogP contribution < -0.4 is 0 Å². The summed E-state index contributed by atoms with van der Waals surface area (Å²) in [4.78, 5) is 39.4. The summed E-state index contributed by atoms with van der Waals surface area (Å²) in [7, 11) is 0. The van der Waals surface area contributed by atoms with Crippen LogP contribution >= 0.6 is 11.8 Å². The molecule has 214 valence electrons. The Balaban J connectivity index is 1.61. The van der Waals surface area contributed by atoms with E-state index >= 15 is 8.78 Å². The van der Waals surface area contributed by atoms with Crippen molar-refractivity contribution < 1.29 is 42.5 Å². The first kappa shape index (κ1) is 28.8. The molecule has 5 rings (SSSR count). The maximum Gasteiger partial charge on any atom is 0.375 e. The number of allylic oxidation sites excluding steroid dienone is 4. The van der Waals surface area contributed by atoms with Crippen molar-refractivity contribution in [2.75, 3.05) is 12.4 Å². The predicted molar refractivity (Wildman–Crippen MR) is 142 cm³/mol. The van der Waals surface area contributed by atoms with Gasteiger partial charge in [-0.3, -0.25) is 9.59 Å². The second kappa shape index (κ2) is 9.97. The van der Waals surface area contributed by atoms with Gasteiger partial charge in [-0.1, -0.05) is 43.5 Å². The molecule has 0 aromatic carbocycles. The zero-order chi connectivity index (χ0) is 29.1. The van der Waals surface area contributed by atoms with Crippen LogP contribution in [0.15, 0.2) is 46.6 Å². The van der Waals surface area contributed by atoms with Gasteiger partial charge in [0.15, 0.2) is 17.1 Å². The van der Waals surface area contributed by atoms with Gasteiger partial charge in [-0.2, -0.15) is 0 Å². The number of fused-ring (bicyclic) bond motifs is 5. The molecule has 7 nitrogen and oxygen atoms in total. The number of halogens is 2. The average molecular weight is 575 g/mol. The molecule has 0 unspecified atom stereocenters. The predicted octanol–water partition coefficient (Wildman–Crippen LogP) is 4.00. The number of carbonyl (C=O) groups is 3. The molecule has 40 heavy (non-hydrogen) atoms. The molecule has 0 saturated heterocycles. The quantitative estimate of drug-likeness (QED) is 0.410. The van der Waals surface area contributed by atoms with Crippen LogP contribution in [0.25, 0.3) is 0 Å². The third-order valence-electron chi connectivity index (χ3n) is 9.93. The fourth-order valence-corrected chi connectivity index (χ4v) is 9.12. The van der Waals surface area contributed by atoms with Gasteiger partial charge in [0, 0.05) is 22.7 Å². The Morgan fingerprint density at radius 2 is 2.00 bits per heavy atom. The first-order chi connectivity index (χ1) is 18.9. The van der Waals surface area contributed by atoms with Crippen LogP contribution in [0.2, 0.25) is 0 Å². The number of ketones is 1. The minimum absolute atomic E-state index is 0.0112. The summed E-state index contributed by atoms with van der Waals surface area (Å²) in [6.45, 7) is 4.58. The Hall–Kier alpha value is -2.74. The van der Waals surface area contributed by atoms with Crippen molar-refractivity contribution in [1.82, 2.24) is 0 Å². The first-order valence-electron chi connectivity index (χ1n) is 13.3. The van der Waals surface area contributed by atoms with Gasteiger partial charge >= 0.3 is 5.97 Å². The molecular weight excluding hydrogens is 542 g/mol. The number of aliphatic hydroxyl groups excluding tert-OH is 2. The summed E-state index contributed by atoms with van der Waals surface area (Å²) in [5.41, 5.74) is -6.96. The van der Waals surface area contributed by atoms with Crippen LogP contribution in [0, 0.1) is 40.4 Å². The van der Waals surface area contributed by atoms with E-state index in [1.807, 2.05) is 0 Å². The Bertz CT molecular complexity index is 1350. The van der Waals surface area contributed by atoms with Crippen LogP contribution in [0.1, 0.15) is 50.6 Å². The summed E-state index contributed by atoms with van der Waals surface area (Å²) in [6, 6.07) is 2.91. The van der Waals surface area contributed by atoms with E-state index in [0.29, 0.717) is 0 Å². The number of alkyl halides is 2. The van der Waals surface area contributed by atoms with Crippen molar-refractivity contribution in [2.24, 2.45) is 28.6 Å². The number of thioether (sulfide) groups is 1. The highest BCUT2D eigenvalue weighted by Gasteiger charge is 2.78. The van der Waals surface area contributed by atoms with Gasteiger partial charge in [0.1, 0.15) is 12.8 Å². The molecule has 3 fully saturated rings. The van der Waals surface area contributed by atoms with Crippen LogP contribution in [0.3, 0.4) is 0 Å². The Morgan fingerprint density at radius 1 is 1.25 bits per heavy atom. The third-order valence-corrected chi connectivity index (χ3v) is 10.8. The van der Waals surface area contributed by atoms with E-state index in [1.54, 1.807) is 13.8 Å². The average Bonchev–Trinajstić information content (AvgIpc) is 3.52. The number of hydrogen-bond donors (Lipinski definition) is 2. The molecule has 2 N–H and O–H groups in total. The number of rotatable bonds is 4. The molecular formula is C30H32F2O7S. The van der Waals surface area contributed by atoms with E-state index in [0.717, 1.165) is 17.8 Å². The Morgan fingerprint density at radius 3 is 2.67 bits per heavy atom. The van der Waals surface area contributed by atoms with E-state index < -0.39 is 69.0 Å². The number of esters is 1. The minimum atomic E-state index is -2.33. The maximum atomic E-state index is 17.5. The van der Waals surface area contributed by atoms with Crippen molar-refractivity contribution >= 4 is 28.6 Å². The lowest BCUT2D eigenvalue weighted by Crippen LogP contribution is -2.70. The van der Waals surface area contributed by atoms with Crippen LogP contribution in [0.4, 0.5) is 8.78 Å². The Kier molecular flexibility index (Phi) is 7.17. The van der Waals surface area contributed by atoms with E-state index in [1.165, 1.54) is 37.5 Å². The van der Waals surface area contributed by atoms with Gasteiger partial charge < -0.3 is 19.4 Å². The molecule has 0 amide bonds. The van der Waals surface area contributed by atoms with E-state index in [9.17, 15) is 19.5 Å². The largest absolute Gasteiger partial charge is 0.457 e. The lowest BCUT2D eigenvalue weighted by atomic mass is 9.44. The fraction of sp³-hybridized carbons (Fsp3) is 0.567. The molecule has 1 heterocycles. The second-order valence-electron chi connectivity index (χ2n) is 11.7. The van der Waals surface area contributed by atoms with E-state index in [-0.39, 0.29) is 43.0 Å². The minimum Gasteiger partial charge on any atom is -0.457 e. The van der Waals surface area contributed by atoms with Crippen molar-refractivity contribution in [1.29, 1.82) is 0 Å². The van der Waals surface area contributed by atoms with Gasteiger partial charge in [0.25, 0.3) is 0 Å². The van der Waals surface area contributed by atoms with Gasteiger partial charge in [-0.25, -0.2) is 13.6 Å². The molecule has 4 aliphatic carbocycles. The molecule has 1 aromatic heterocycles. The molecule has 1 aromatic rings. The maximum absolute atomic E-state index is 17.5. The first-order valence-corrected chi connectivity index (χ1v) is 14.3. The summed E-state index contributed by atoms with van der Waals surface area (Å²) >= 11 is 0.819. The third kappa shape index (κ3) is 3.81. The monoisotopic (exact) mass is 574 g/mol. The fourth-order valence-electron chi connectivity index (χ4n) is 8.12. The van der Waals surface area contributed by atoms with Gasteiger partial charge in [-0.05, 0) is 62.0 Å². The normalized spacial score (nSPS) is 41.6. The number of ether oxygens (including phenoxy) is 1. The molecule has 0 aliphatic heterocycles. The van der Waals surface area contributed by atoms with Crippen LogP contribution in [-0.2, 0) is 14.3 Å². The highest BCUT2D eigenvalue weighted by atomic mass is 32.2. The lowest BCUT2D eigenvalue weighted by Gasteiger charge is -2.63. The highest BCUT2D eigenvalue weighted by molar-refractivity contribution is 8.14. The molecule has 0 radical (unpaired) electrons. The second-order valence-corrected chi connectivity index (χ2v) is 12.6. The lowest BCUT2D eigenvalue weighted by molar-refractivity contribution is -0.221. The number of hydrogen-bond acceptors (Lipinski definition) is 8. The van der Waals surface area contributed by atoms with Crippen LogP contribution in [0.5, 0.6) is 0 Å². The molecule has 0 spiro atoms. The van der Waals surface area contributed by atoms with Crippen molar-refractivity contribution in [3.63, 3.8) is 0 Å². The number of carbonyl (C=O) groups excluding carboxylic acids is 3. The summed E-state index contributed by atoms with van der Waals surface area (Å²) in [6.07, 6.45) is 1.43. The molecule has 3 saturated carbocycles. The summed E-state index contributed by atoms with van der Waals surface area (Å²) in [5, 5.41) is 20.1. The standard InChI is InChI=1S/C30H32F2O7S/c1-17-13-19-20-15-22(31)21-14-18(34)8-9-27(21,2)29(20,32)24(35)16-28(19,3)30(17,26(37)40-12-5-4-10-33)39-25(36)23-7-6-11-38-23/h6-9,11,14,17,19-20,22,24,33,35H,10,12-13,15-16H2,1-3H3/t17-,19-,20-,22-,24-,27-,28-,29-,30-/m0/s1. The van der Waals surface area contributed by atoms with Crippen molar-refractivity contribution in [3.05, 3.63) is 48.0 Å². The zero-order valence-electron chi connectivity index (χ0n) is 22.5. The number of furan rings is 1. The highest BCUT2D eigenvalue weighted by Crippen LogP contribution is 2.72. The summed E-state index contributed by atoms with van der Waals surface area (Å²) in [5.74, 6) is 1.45. The van der Waals surface area contributed by atoms with Gasteiger partial charge in [0.05, 0.1) is 18.1 Å². The van der Waals surface area contributed by atoms with Gasteiger partial charge in [0.2, 0.25) is 10.9 Å². The topological polar surface area (TPSA) is 114 Å². The van der Waals surface area contributed by atoms with Crippen molar-refractivity contribution in [3.8, 4) is 11.8 Å². The van der Waals surface area contributed by atoms with E-state index in [4.69, 9.17) is 14.3 Å². The molecule has 4 aliphatic rings. The molecule has 10 heteroatoms. The molecule has 9 atom stereocenters. The smallest absolute Gasteiger partial charge is 0.375 e. The zero-order valence-corrected chi connectivity index (χ0v) is 23.3. The SMILES string of the molecule is C[C@H]1C[C@H]2[C@@H]3C[C@H](F)C4=CC(=O)C=C[C@]4(C)[C@@]3(F)[C@@H](O)C[C@]2(C)[C@@]1(OC(=O)c1ccco1)C(=O)SCC#CCO. The summed E-state index contributed by atoms with van der Waals surface area (Å²) < 4.78 is 44.6.